The van der Waals surface area contributed by atoms with Crippen LogP contribution in [0.3, 0.4) is 0 Å². The van der Waals surface area contributed by atoms with Gasteiger partial charge >= 0.3 is 0 Å². The summed E-state index contributed by atoms with van der Waals surface area (Å²) in [7, 11) is 5.36. The topological polar surface area (TPSA) is 63.9 Å². The van der Waals surface area contributed by atoms with Crippen LogP contribution in [0, 0.1) is 0 Å². The van der Waals surface area contributed by atoms with Gasteiger partial charge in [0.15, 0.2) is 11.5 Å². The summed E-state index contributed by atoms with van der Waals surface area (Å²) in [6.07, 6.45) is 3.46. The van der Waals surface area contributed by atoms with E-state index in [0.717, 1.165) is 11.1 Å². The Morgan fingerprint density at radius 3 is 2.52 bits per heavy atom. The summed E-state index contributed by atoms with van der Waals surface area (Å²) in [6, 6.07) is 7.26. The molecule has 0 aliphatic carbocycles. The zero-order valence-corrected chi connectivity index (χ0v) is 12.1. The van der Waals surface area contributed by atoms with E-state index in [1.54, 1.807) is 43.7 Å². The van der Waals surface area contributed by atoms with Gasteiger partial charge in [0, 0.05) is 32.3 Å². The highest BCUT2D eigenvalue weighted by Crippen LogP contribution is 2.18. The lowest BCUT2D eigenvalue weighted by Gasteiger charge is -2.10. The Morgan fingerprint density at radius 2 is 1.86 bits per heavy atom. The molecule has 21 heavy (non-hydrogen) atoms. The highest BCUT2D eigenvalue weighted by Gasteiger charge is 2.10. The van der Waals surface area contributed by atoms with Gasteiger partial charge in [0.2, 0.25) is 0 Å². The molecule has 3 aromatic rings. The Balaban J connectivity index is 1.97. The lowest BCUT2D eigenvalue weighted by molar-refractivity contribution is 0.0827. The summed E-state index contributed by atoms with van der Waals surface area (Å²) in [5.41, 5.74) is 3.05. The highest BCUT2D eigenvalue weighted by molar-refractivity contribution is 5.94. The number of fused-ring (bicyclic) bond motifs is 1. The number of aryl methyl sites for hydroxylation is 1. The highest BCUT2D eigenvalue weighted by atomic mass is 16.2. The van der Waals surface area contributed by atoms with Gasteiger partial charge in [-0.05, 0) is 12.1 Å². The van der Waals surface area contributed by atoms with Crippen LogP contribution < -0.4 is 0 Å². The molecule has 0 aliphatic heterocycles. The van der Waals surface area contributed by atoms with Crippen molar-refractivity contribution < 1.29 is 4.79 Å². The quantitative estimate of drug-likeness (QED) is 0.717. The second-order valence-corrected chi connectivity index (χ2v) is 5.03. The first kappa shape index (κ1) is 13.2. The van der Waals surface area contributed by atoms with E-state index in [4.69, 9.17) is 0 Å². The van der Waals surface area contributed by atoms with Gasteiger partial charge in [0.1, 0.15) is 5.52 Å². The number of nitrogens with zero attached hydrogens (tertiary/aromatic N) is 5. The monoisotopic (exact) mass is 281 g/mol. The molecule has 1 amide bonds. The average molecular weight is 281 g/mol. The zero-order chi connectivity index (χ0) is 15.0. The van der Waals surface area contributed by atoms with Crippen LogP contribution >= 0.6 is 0 Å². The van der Waals surface area contributed by atoms with Crippen LogP contribution in [-0.4, -0.2) is 44.4 Å². The van der Waals surface area contributed by atoms with E-state index in [-0.39, 0.29) is 5.91 Å². The Morgan fingerprint density at radius 1 is 1.14 bits per heavy atom. The Bertz CT molecular complexity index is 805. The zero-order valence-electron chi connectivity index (χ0n) is 12.1. The van der Waals surface area contributed by atoms with Gasteiger partial charge in [-0.1, -0.05) is 12.1 Å². The molecule has 3 rings (SSSR count). The van der Waals surface area contributed by atoms with Gasteiger partial charge in [-0.25, -0.2) is 15.0 Å². The number of rotatable bonds is 2. The van der Waals surface area contributed by atoms with Crippen LogP contribution in [0.5, 0.6) is 0 Å². The van der Waals surface area contributed by atoms with Crippen LogP contribution in [0.2, 0.25) is 0 Å². The fourth-order valence-corrected chi connectivity index (χ4v) is 2.07. The average Bonchev–Trinajstić information content (AvgIpc) is 2.87. The summed E-state index contributed by atoms with van der Waals surface area (Å²) in [5.74, 6) is 0.577. The van der Waals surface area contributed by atoms with Crippen molar-refractivity contribution in [2.75, 3.05) is 14.1 Å². The summed E-state index contributed by atoms with van der Waals surface area (Å²) in [4.78, 5) is 26.4. The number of amides is 1. The Labute approximate surface area is 122 Å². The number of imidazole rings is 1. The SMILES string of the molecule is CN(C)C(=O)c1ccc(-c2ncc3c(ncn3C)n2)cc1. The Hall–Kier alpha value is -2.76. The fraction of sp³-hybridized carbons (Fsp3) is 0.200. The summed E-state index contributed by atoms with van der Waals surface area (Å²) >= 11 is 0. The molecule has 0 aliphatic rings. The van der Waals surface area contributed by atoms with Gasteiger partial charge < -0.3 is 9.47 Å². The van der Waals surface area contributed by atoms with Crippen molar-refractivity contribution in [2.24, 2.45) is 7.05 Å². The van der Waals surface area contributed by atoms with Crippen LogP contribution in [0.25, 0.3) is 22.6 Å². The van der Waals surface area contributed by atoms with Crippen molar-refractivity contribution in [3.8, 4) is 11.4 Å². The molecule has 6 heteroatoms. The first-order valence-electron chi connectivity index (χ1n) is 6.52. The number of carbonyl (C=O) groups is 1. The third kappa shape index (κ3) is 2.35. The second kappa shape index (κ2) is 4.97. The van der Waals surface area contributed by atoms with Gasteiger partial charge in [0.25, 0.3) is 5.91 Å². The second-order valence-electron chi connectivity index (χ2n) is 5.03. The maximum Gasteiger partial charge on any atom is 0.253 e. The molecule has 2 heterocycles. The minimum atomic E-state index is -0.0253. The summed E-state index contributed by atoms with van der Waals surface area (Å²) in [5, 5.41) is 0. The molecular weight excluding hydrogens is 266 g/mol. The van der Waals surface area contributed by atoms with Crippen LogP contribution in [-0.2, 0) is 7.05 Å². The molecule has 0 atom stereocenters. The van der Waals surface area contributed by atoms with Crippen molar-refractivity contribution >= 4 is 17.1 Å². The van der Waals surface area contributed by atoms with E-state index in [1.807, 2.05) is 23.7 Å². The predicted molar refractivity (Wildman–Crippen MR) is 79.8 cm³/mol. The first-order valence-corrected chi connectivity index (χ1v) is 6.52. The van der Waals surface area contributed by atoms with E-state index < -0.39 is 0 Å². The lowest BCUT2D eigenvalue weighted by Crippen LogP contribution is -2.21. The van der Waals surface area contributed by atoms with E-state index in [2.05, 4.69) is 15.0 Å². The molecule has 2 aromatic heterocycles. The van der Waals surface area contributed by atoms with Crippen molar-refractivity contribution in [2.45, 2.75) is 0 Å². The maximum atomic E-state index is 11.9. The molecule has 106 valence electrons. The lowest BCUT2D eigenvalue weighted by atomic mass is 10.1. The smallest absolute Gasteiger partial charge is 0.253 e. The summed E-state index contributed by atoms with van der Waals surface area (Å²) < 4.78 is 1.87. The van der Waals surface area contributed by atoms with Crippen molar-refractivity contribution in [3.63, 3.8) is 0 Å². The number of hydrogen-bond donors (Lipinski definition) is 0. The van der Waals surface area contributed by atoms with Crippen molar-refractivity contribution in [1.29, 1.82) is 0 Å². The van der Waals surface area contributed by atoms with Gasteiger partial charge in [0.05, 0.1) is 12.5 Å². The summed E-state index contributed by atoms with van der Waals surface area (Å²) in [6.45, 7) is 0. The van der Waals surface area contributed by atoms with Gasteiger partial charge in [-0.3, -0.25) is 4.79 Å². The van der Waals surface area contributed by atoms with E-state index in [1.165, 1.54) is 0 Å². The molecule has 0 spiro atoms. The van der Waals surface area contributed by atoms with E-state index in [0.29, 0.717) is 17.0 Å². The minimum Gasteiger partial charge on any atom is -0.345 e. The van der Waals surface area contributed by atoms with Gasteiger partial charge in [-0.2, -0.15) is 0 Å². The maximum absolute atomic E-state index is 11.9. The minimum absolute atomic E-state index is 0.0253. The number of carbonyl (C=O) groups excluding carboxylic acids is 1. The molecule has 0 saturated carbocycles. The Kier molecular flexibility index (Phi) is 3.13. The van der Waals surface area contributed by atoms with E-state index in [9.17, 15) is 4.79 Å². The number of aromatic nitrogens is 4. The van der Waals surface area contributed by atoms with Crippen LogP contribution in [0.1, 0.15) is 10.4 Å². The van der Waals surface area contributed by atoms with Crippen LogP contribution in [0.15, 0.2) is 36.8 Å². The normalized spacial score (nSPS) is 10.8. The van der Waals surface area contributed by atoms with Gasteiger partial charge in [-0.15, -0.1) is 0 Å². The molecule has 0 radical (unpaired) electrons. The molecule has 0 saturated heterocycles. The number of hydrogen-bond acceptors (Lipinski definition) is 4. The standard InChI is InChI=1S/C15H15N5O/c1-19(2)15(21)11-6-4-10(5-7-11)13-16-8-12-14(18-13)17-9-20(12)3/h4-9H,1-3H3. The largest absolute Gasteiger partial charge is 0.345 e. The third-order valence-corrected chi connectivity index (χ3v) is 3.28. The van der Waals surface area contributed by atoms with Crippen molar-refractivity contribution in [1.82, 2.24) is 24.4 Å². The third-order valence-electron chi connectivity index (χ3n) is 3.28. The van der Waals surface area contributed by atoms with Crippen LogP contribution in [0.4, 0.5) is 0 Å². The van der Waals surface area contributed by atoms with Crippen molar-refractivity contribution in [3.05, 3.63) is 42.4 Å². The molecule has 6 nitrogen and oxygen atoms in total. The molecule has 1 aromatic carbocycles. The molecule has 0 N–H and O–H groups in total. The first-order chi connectivity index (χ1) is 10.1. The van der Waals surface area contributed by atoms with E-state index >= 15 is 0 Å². The molecule has 0 unspecified atom stereocenters. The predicted octanol–water partition coefficient (Wildman–Crippen LogP) is 1.73. The molecule has 0 bridgehead atoms. The molecule has 0 fully saturated rings. The number of benzene rings is 1. The fourth-order valence-electron chi connectivity index (χ4n) is 2.07. The molecular formula is C15H15N5O.